The van der Waals surface area contributed by atoms with Gasteiger partial charge in [-0.15, -0.1) is 12.4 Å². The van der Waals surface area contributed by atoms with Crippen LogP contribution in [0.3, 0.4) is 0 Å². The molecule has 0 spiro atoms. The Bertz CT molecular complexity index is 294. The van der Waals surface area contributed by atoms with Gasteiger partial charge in [0.15, 0.2) is 0 Å². The van der Waals surface area contributed by atoms with Gasteiger partial charge in [-0.25, -0.2) is 0 Å². The van der Waals surface area contributed by atoms with Crippen LogP contribution < -0.4 is 5.73 Å². The minimum Gasteiger partial charge on any atom is -0.384 e. The normalized spacial score (nSPS) is 28.0. The third-order valence-electron chi connectivity index (χ3n) is 4.77. The molecule has 0 aromatic carbocycles. The van der Waals surface area contributed by atoms with Crippen LogP contribution in [0.5, 0.6) is 0 Å². The molecule has 0 radical (unpaired) electrons. The summed E-state index contributed by atoms with van der Waals surface area (Å²) in [6, 6.07) is 0.240. The fourth-order valence-corrected chi connectivity index (χ4v) is 3.43. The highest BCUT2D eigenvalue weighted by molar-refractivity contribution is 5.85. The van der Waals surface area contributed by atoms with E-state index >= 15 is 0 Å². The third kappa shape index (κ3) is 4.90. The topological polar surface area (TPSA) is 55.6 Å². The number of nitrogens with zero attached hydrogens (tertiary/aromatic N) is 1. The van der Waals surface area contributed by atoms with Gasteiger partial charge in [0.2, 0.25) is 5.91 Å². The molecule has 1 saturated carbocycles. The first-order valence-electron chi connectivity index (χ1n) is 7.73. The van der Waals surface area contributed by atoms with Crippen LogP contribution in [-0.4, -0.2) is 43.7 Å². The first kappa shape index (κ1) is 17.7. The number of methoxy groups -OCH3 is 1. The van der Waals surface area contributed by atoms with E-state index in [2.05, 4.69) is 0 Å². The summed E-state index contributed by atoms with van der Waals surface area (Å²) in [5.41, 5.74) is 6.13. The molecule has 5 heteroatoms. The smallest absolute Gasteiger partial charge is 0.222 e. The Morgan fingerprint density at radius 2 is 1.85 bits per heavy atom. The Balaban J connectivity index is 0.00000200. The molecule has 2 rings (SSSR count). The van der Waals surface area contributed by atoms with Gasteiger partial charge in [-0.1, -0.05) is 12.8 Å². The van der Waals surface area contributed by atoms with Gasteiger partial charge < -0.3 is 15.4 Å². The zero-order valence-electron chi connectivity index (χ0n) is 12.6. The fourth-order valence-electron chi connectivity index (χ4n) is 3.43. The molecule has 2 atom stereocenters. The Labute approximate surface area is 128 Å². The molecule has 1 heterocycles. The fraction of sp³-hybridized carbons (Fsp3) is 0.933. The van der Waals surface area contributed by atoms with E-state index in [4.69, 9.17) is 10.5 Å². The summed E-state index contributed by atoms with van der Waals surface area (Å²) < 4.78 is 5.19. The van der Waals surface area contributed by atoms with Crippen molar-refractivity contribution in [1.29, 1.82) is 0 Å². The second kappa shape index (κ2) is 8.85. The summed E-state index contributed by atoms with van der Waals surface area (Å²) in [4.78, 5) is 14.4. The van der Waals surface area contributed by atoms with E-state index in [-0.39, 0.29) is 18.4 Å². The summed E-state index contributed by atoms with van der Waals surface area (Å²) in [6.45, 7) is 2.62. The highest BCUT2D eigenvalue weighted by Gasteiger charge is 2.28. The lowest BCUT2D eigenvalue weighted by Crippen LogP contribution is -2.42. The van der Waals surface area contributed by atoms with E-state index in [0.717, 1.165) is 45.4 Å². The molecular formula is C15H29ClN2O2. The van der Waals surface area contributed by atoms with Gasteiger partial charge in [-0.3, -0.25) is 4.79 Å². The van der Waals surface area contributed by atoms with Gasteiger partial charge in [-0.2, -0.15) is 0 Å². The van der Waals surface area contributed by atoms with Crippen LogP contribution in [0.4, 0.5) is 0 Å². The van der Waals surface area contributed by atoms with E-state index in [9.17, 15) is 4.79 Å². The van der Waals surface area contributed by atoms with E-state index in [1.807, 2.05) is 4.90 Å². The zero-order valence-corrected chi connectivity index (χ0v) is 13.4. The lowest BCUT2D eigenvalue weighted by atomic mass is 9.82. The number of piperidine rings is 1. The molecule has 2 unspecified atom stereocenters. The van der Waals surface area contributed by atoms with Crippen molar-refractivity contribution in [3.8, 4) is 0 Å². The molecule has 0 aromatic heterocycles. The standard InChI is InChI=1S/C15H28N2O2.ClH/c1-19-11-12-6-8-17(9-7-12)15(18)10-13-4-2-3-5-14(13)16;/h12-14H,2-11,16H2,1H3;1H. The number of carbonyl (C=O) groups is 1. The van der Waals surface area contributed by atoms with E-state index < -0.39 is 0 Å². The molecule has 118 valence electrons. The lowest BCUT2D eigenvalue weighted by Gasteiger charge is -2.34. The number of hydrogen-bond acceptors (Lipinski definition) is 3. The predicted molar refractivity (Wildman–Crippen MR) is 83.0 cm³/mol. The second-order valence-electron chi connectivity index (χ2n) is 6.19. The van der Waals surface area contributed by atoms with Crippen molar-refractivity contribution in [3.05, 3.63) is 0 Å². The molecular weight excluding hydrogens is 276 g/mol. The summed E-state index contributed by atoms with van der Waals surface area (Å²) >= 11 is 0. The maximum Gasteiger partial charge on any atom is 0.222 e. The maximum atomic E-state index is 12.3. The van der Waals surface area contributed by atoms with E-state index in [1.54, 1.807) is 7.11 Å². The highest BCUT2D eigenvalue weighted by atomic mass is 35.5. The number of carbonyl (C=O) groups excluding carboxylic acids is 1. The molecule has 0 aromatic rings. The number of amides is 1. The van der Waals surface area contributed by atoms with Crippen molar-refractivity contribution < 1.29 is 9.53 Å². The lowest BCUT2D eigenvalue weighted by molar-refractivity contribution is -0.134. The SMILES string of the molecule is COCC1CCN(C(=O)CC2CCCCC2N)CC1.Cl. The van der Waals surface area contributed by atoms with Gasteiger partial charge in [0.25, 0.3) is 0 Å². The molecule has 1 aliphatic carbocycles. The van der Waals surface area contributed by atoms with E-state index in [1.165, 1.54) is 12.8 Å². The molecule has 2 N–H and O–H groups in total. The molecule has 1 aliphatic heterocycles. The average Bonchev–Trinajstić information content (AvgIpc) is 2.42. The molecule has 20 heavy (non-hydrogen) atoms. The number of ether oxygens (including phenoxy) is 1. The van der Waals surface area contributed by atoms with Crippen molar-refractivity contribution in [2.75, 3.05) is 26.8 Å². The van der Waals surface area contributed by atoms with Gasteiger partial charge >= 0.3 is 0 Å². The Kier molecular flexibility index (Phi) is 7.85. The van der Waals surface area contributed by atoms with Crippen molar-refractivity contribution in [1.82, 2.24) is 4.90 Å². The van der Waals surface area contributed by atoms with Gasteiger partial charge in [0.05, 0.1) is 0 Å². The molecule has 2 fully saturated rings. The summed E-state index contributed by atoms with van der Waals surface area (Å²) in [5, 5.41) is 0. The first-order valence-corrected chi connectivity index (χ1v) is 7.73. The van der Waals surface area contributed by atoms with Crippen LogP contribution in [0.1, 0.15) is 44.9 Å². The number of likely N-dealkylation sites (tertiary alicyclic amines) is 1. The maximum absolute atomic E-state index is 12.3. The van der Waals surface area contributed by atoms with E-state index in [0.29, 0.717) is 24.2 Å². The summed E-state index contributed by atoms with van der Waals surface area (Å²) in [7, 11) is 1.75. The molecule has 0 bridgehead atoms. The minimum atomic E-state index is 0. The Morgan fingerprint density at radius 1 is 1.20 bits per heavy atom. The van der Waals surface area contributed by atoms with Crippen LogP contribution >= 0.6 is 12.4 Å². The van der Waals surface area contributed by atoms with Crippen molar-refractivity contribution in [2.45, 2.75) is 51.0 Å². The largest absolute Gasteiger partial charge is 0.384 e. The second-order valence-corrected chi connectivity index (χ2v) is 6.19. The van der Waals surface area contributed by atoms with Crippen LogP contribution in [0.2, 0.25) is 0 Å². The van der Waals surface area contributed by atoms with Crippen LogP contribution in [0, 0.1) is 11.8 Å². The minimum absolute atomic E-state index is 0. The van der Waals surface area contributed by atoms with Crippen molar-refractivity contribution in [2.24, 2.45) is 17.6 Å². The molecule has 2 aliphatic rings. The monoisotopic (exact) mass is 304 g/mol. The van der Waals surface area contributed by atoms with Gasteiger partial charge in [-0.05, 0) is 37.5 Å². The van der Waals surface area contributed by atoms with Crippen LogP contribution in [0.15, 0.2) is 0 Å². The highest BCUT2D eigenvalue weighted by Crippen LogP contribution is 2.27. The quantitative estimate of drug-likeness (QED) is 0.866. The van der Waals surface area contributed by atoms with Gasteiger partial charge in [0, 0.05) is 39.3 Å². The number of nitrogens with two attached hydrogens (primary N) is 1. The summed E-state index contributed by atoms with van der Waals surface area (Å²) in [6.07, 6.45) is 7.51. The van der Waals surface area contributed by atoms with Crippen molar-refractivity contribution >= 4 is 18.3 Å². The third-order valence-corrected chi connectivity index (χ3v) is 4.77. The Morgan fingerprint density at radius 3 is 2.45 bits per heavy atom. The summed E-state index contributed by atoms with van der Waals surface area (Å²) in [5.74, 6) is 1.36. The molecule has 1 amide bonds. The number of halogens is 1. The van der Waals surface area contributed by atoms with Crippen LogP contribution in [0.25, 0.3) is 0 Å². The number of rotatable bonds is 4. The molecule has 1 saturated heterocycles. The predicted octanol–water partition coefficient (Wildman–Crippen LogP) is 2.20. The Hall–Kier alpha value is -0.320. The van der Waals surface area contributed by atoms with Crippen molar-refractivity contribution in [3.63, 3.8) is 0 Å². The van der Waals surface area contributed by atoms with Crippen LogP contribution in [-0.2, 0) is 9.53 Å². The first-order chi connectivity index (χ1) is 9.20. The zero-order chi connectivity index (χ0) is 13.7. The average molecular weight is 305 g/mol. The number of hydrogen-bond donors (Lipinski definition) is 1. The molecule has 4 nitrogen and oxygen atoms in total. The van der Waals surface area contributed by atoms with Gasteiger partial charge in [0.1, 0.15) is 0 Å².